The second-order valence-electron chi connectivity index (χ2n) is 4.69. The van der Waals surface area contributed by atoms with E-state index in [0.717, 1.165) is 38.8 Å². The molecule has 1 N–H and O–H groups in total. The van der Waals surface area contributed by atoms with E-state index in [4.69, 9.17) is 0 Å². The molecule has 0 saturated carbocycles. The van der Waals surface area contributed by atoms with Gasteiger partial charge in [0.05, 0.1) is 0 Å². The van der Waals surface area contributed by atoms with Gasteiger partial charge in [0.2, 0.25) is 5.91 Å². The van der Waals surface area contributed by atoms with Crippen LogP contribution in [0.15, 0.2) is 0 Å². The fraction of sp³-hybridized carbons (Fsp3) is 0.917. The molecule has 1 aliphatic rings. The lowest BCUT2D eigenvalue weighted by molar-refractivity contribution is -0.135. The van der Waals surface area contributed by atoms with E-state index in [1.165, 1.54) is 0 Å². The Labute approximate surface area is 93.2 Å². The minimum Gasteiger partial charge on any atom is -0.346 e. The summed E-state index contributed by atoms with van der Waals surface area (Å²) in [5.74, 6) is 0.597. The molecule has 0 aromatic heterocycles. The van der Waals surface area contributed by atoms with E-state index < -0.39 is 0 Å². The lowest BCUT2D eigenvalue weighted by atomic mass is 9.92. The van der Waals surface area contributed by atoms with Gasteiger partial charge in [-0.1, -0.05) is 13.3 Å². The van der Waals surface area contributed by atoms with Gasteiger partial charge in [-0.15, -0.1) is 0 Å². The standard InChI is InChI=1S/C12H24N2O/c1-4-5-8-14(3)12(15)11-6-7-13-10(2)9-11/h10-11,13H,4-9H2,1-3H3/t10-,11-/m0/s1. The maximum Gasteiger partial charge on any atom is 0.225 e. The van der Waals surface area contributed by atoms with Crippen LogP contribution in [-0.2, 0) is 4.79 Å². The van der Waals surface area contributed by atoms with Gasteiger partial charge in [0.15, 0.2) is 0 Å². The summed E-state index contributed by atoms with van der Waals surface area (Å²) in [4.78, 5) is 14.0. The van der Waals surface area contributed by atoms with Crippen molar-refractivity contribution in [2.45, 2.75) is 45.6 Å². The Kier molecular flexibility index (Phi) is 5.09. The zero-order valence-corrected chi connectivity index (χ0v) is 10.3. The molecule has 0 unspecified atom stereocenters. The summed E-state index contributed by atoms with van der Waals surface area (Å²) >= 11 is 0. The number of rotatable bonds is 4. The third-order valence-corrected chi connectivity index (χ3v) is 3.20. The first kappa shape index (κ1) is 12.5. The number of amides is 1. The smallest absolute Gasteiger partial charge is 0.225 e. The highest BCUT2D eigenvalue weighted by molar-refractivity contribution is 5.78. The Morgan fingerprint density at radius 2 is 2.27 bits per heavy atom. The van der Waals surface area contributed by atoms with Crippen LogP contribution in [0, 0.1) is 5.92 Å². The van der Waals surface area contributed by atoms with Gasteiger partial charge in [-0.25, -0.2) is 0 Å². The fourth-order valence-corrected chi connectivity index (χ4v) is 2.17. The molecule has 88 valence electrons. The van der Waals surface area contributed by atoms with Crippen molar-refractivity contribution in [3.63, 3.8) is 0 Å². The van der Waals surface area contributed by atoms with Gasteiger partial charge in [0.1, 0.15) is 0 Å². The van der Waals surface area contributed by atoms with Gasteiger partial charge in [-0.3, -0.25) is 4.79 Å². The summed E-state index contributed by atoms with van der Waals surface area (Å²) in [5, 5.41) is 3.38. The summed E-state index contributed by atoms with van der Waals surface area (Å²) in [6.07, 6.45) is 4.26. The van der Waals surface area contributed by atoms with Crippen LogP contribution in [0.2, 0.25) is 0 Å². The number of unbranched alkanes of at least 4 members (excludes halogenated alkanes) is 1. The zero-order valence-electron chi connectivity index (χ0n) is 10.3. The molecular weight excluding hydrogens is 188 g/mol. The van der Waals surface area contributed by atoms with Crippen molar-refractivity contribution in [2.75, 3.05) is 20.1 Å². The van der Waals surface area contributed by atoms with Crippen LogP contribution in [-0.4, -0.2) is 37.0 Å². The van der Waals surface area contributed by atoms with Gasteiger partial charge in [0, 0.05) is 25.6 Å². The fourth-order valence-electron chi connectivity index (χ4n) is 2.17. The lowest BCUT2D eigenvalue weighted by Gasteiger charge is -2.30. The van der Waals surface area contributed by atoms with Gasteiger partial charge >= 0.3 is 0 Å². The number of piperidine rings is 1. The maximum atomic E-state index is 12.0. The molecule has 1 aliphatic heterocycles. The van der Waals surface area contributed by atoms with Crippen LogP contribution in [0.25, 0.3) is 0 Å². The molecule has 1 heterocycles. The molecule has 0 radical (unpaired) electrons. The molecule has 1 saturated heterocycles. The van der Waals surface area contributed by atoms with E-state index in [-0.39, 0.29) is 5.92 Å². The quantitative estimate of drug-likeness (QED) is 0.768. The largest absolute Gasteiger partial charge is 0.346 e. The summed E-state index contributed by atoms with van der Waals surface area (Å²) in [6.45, 7) is 6.21. The molecule has 3 nitrogen and oxygen atoms in total. The summed E-state index contributed by atoms with van der Waals surface area (Å²) < 4.78 is 0. The monoisotopic (exact) mass is 212 g/mol. The van der Waals surface area contributed by atoms with Crippen molar-refractivity contribution in [2.24, 2.45) is 5.92 Å². The Balaban J connectivity index is 2.37. The molecule has 0 aromatic rings. The van der Waals surface area contributed by atoms with Gasteiger partial charge in [-0.2, -0.15) is 0 Å². The minimum absolute atomic E-state index is 0.253. The van der Waals surface area contributed by atoms with Crippen molar-refractivity contribution >= 4 is 5.91 Å². The number of nitrogens with one attached hydrogen (secondary N) is 1. The first-order chi connectivity index (χ1) is 7.15. The highest BCUT2D eigenvalue weighted by Gasteiger charge is 2.26. The third kappa shape index (κ3) is 3.82. The summed E-state index contributed by atoms with van der Waals surface area (Å²) in [5.41, 5.74) is 0. The van der Waals surface area contributed by atoms with Crippen molar-refractivity contribution in [3.05, 3.63) is 0 Å². The first-order valence-corrected chi connectivity index (χ1v) is 6.13. The van der Waals surface area contributed by atoms with Crippen molar-refractivity contribution < 1.29 is 4.79 Å². The van der Waals surface area contributed by atoms with E-state index >= 15 is 0 Å². The van der Waals surface area contributed by atoms with E-state index in [1.54, 1.807) is 0 Å². The van der Waals surface area contributed by atoms with E-state index in [1.807, 2.05) is 11.9 Å². The normalized spacial score (nSPS) is 26.3. The lowest BCUT2D eigenvalue weighted by Crippen LogP contribution is -2.43. The van der Waals surface area contributed by atoms with Crippen LogP contribution < -0.4 is 5.32 Å². The summed E-state index contributed by atoms with van der Waals surface area (Å²) in [7, 11) is 1.94. The summed E-state index contributed by atoms with van der Waals surface area (Å²) in [6, 6.07) is 0.493. The second kappa shape index (κ2) is 6.11. The second-order valence-corrected chi connectivity index (χ2v) is 4.69. The number of hydrogen-bond acceptors (Lipinski definition) is 2. The van der Waals surface area contributed by atoms with Crippen molar-refractivity contribution in [3.8, 4) is 0 Å². The molecule has 0 bridgehead atoms. The molecule has 3 heteroatoms. The Bertz CT molecular complexity index is 206. The van der Waals surface area contributed by atoms with Gasteiger partial charge in [-0.05, 0) is 32.7 Å². The molecule has 1 amide bonds. The average Bonchev–Trinajstić information content (AvgIpc) is 2.24. The number of hydrogen-bond donors (Lipinski definition) is 1. The molecule has 0 spiro atoms. The predicted molar refractivity (Wildman–Crippen MR) is 62.7 cm³/mol. The molecule has 0 aliphatic carbocycles. The van der Waals surface area contributed by atoms with Crippen LogP contribution in [0.5, 0.6) is 0 Å². The van der Waals surface area contributed by atoms with E-state index in [0.29, 0.717) is 11.9 Å². The first-order valence-electron chi connectivity index (χ1n) is 6.13. The number of nitrogens with zero attached hydrogens (tertiary/aromatic N) is 1. The van der Waals surface area contributed by atoms with E-state index in [9.17, 15) is 4.79 Å². The van der Waals surface area contributed by atoms with Crippen LogP contribution in [0.1, 0.15) is 39.5 Å². The number of carbonyl (C=O) groups excluding carboxylic acids is 1. The van der Waals surface area contributed by atoms with Crippen LogP contribution >= 0.6 is 0 Å². The topological polar surface area (TPSA) is 32.3 Å². The minimum atomic E-state index is 0.253. The van der Waals surface area contributed by atoms with Gasteiger partial charge < -0.3 is 10.2 Å². The zero-order chi connectivity index (χ0) is 11.3. The highest BCUT2D eigenvalue weighted by atomic mass is 16.2. The highest BCUT2D eigenvalue weighted by Crippen LogP contribution is 2.18. The SMILES string of the molecule is CCCCN(C)C(=O)[C@H]1CCN[C@@H](C)C1. The molecule has 2 atom stereocenters. The molecule has 15 heavy (non-hydrogen) atoms. The Morgan fingerprint density at radius 3 is 2.87 bits per heavy atom. The Hall–Kier alpha value is -0.570. The third-order valence-electron chi connectivity index (χ3n) is 3.20. The predicted octanol–water partition coefficient (Wildman–Crippen LogP) is 1.63. The van der Waals surface area contributed by atoms with Crippen molar-refractivity contribution in [1.29, 1.82) is 0 Å². The average molecular weight is 212 g/mol. The van der Waals surface area contributed by atoms with Crippen molar-refractivity contribution in [1.82, 2.24) is 10.2 Å². The van der Waals surface area contributed by atoms with Crippen LogP contribution in [0.3, 0.4) is 0 Å². The van der Waals surface area contributed by atoms with Gasteiger partial charge in [0.25, 0.3) is 0 Å². The molecule has 1 fully saturated rings. The molecule has 0 aromatic carbocycles. The van der Waals surface area contributed by atoms with E-state index in [2.05, 4.69) is 19.2 Å². The van der Waals surface area contributed by atoms with Crippen LogP contribution in [0.4, 0.5) is 0 Å². The molecular formula is C12H24N2O. The maximum absolute atomic E-state index is 12.0. The Morgan fingerprint density at radius 1 is 1.53 bits per heavy atom. The number of carbonyl (C=O) groups is 1. The molecule has 1 rings (SSSR count).